The number of nitrogens with zero attached hydrogens (tertiary/aromatic N) is 6. The number of hydrogen-bond acceptors (Lipinski definition) is 7. The van der Waals surface area contributed by atoms with Gasteiger partial charge in [0.1, 0.15) is 5.52 Å². The molecule has 1 atom stereocenters. The van der Waals surface area contributed by atoms with Crippen LogP contribution in [-0.4, -0.2) is 68.8 Å². The van der Waals surface area contributed by atoms with Crippen molar-refractivity contribution in [2.75, 3.05) is 37.3 Å². The van der Waals surface area contributed by atoms with Gasteiger partial charge >= 0.3 is 0 Å². The molecule has 2 N–H and O–H groups in total. The maximum Gasteiger partial charge on any atom is 0.280 e. The van der Waals surface area contributed by atoms with E-state index in [4.69, 9.17) is 4.98 Å². The first-order valence-electron chi connectivity index (χ1n) is 11.2. The molecule has 1 aliphatic rings. The summed E-state index contributed by atoms with van der Waals surface area (Å²) < 4.78 is 31.0. The Balaban J connectivity index is 1.67. The molecule has 0 amide bonds. The lowest BCUT2D eigenvalue weighted by Gasteiger charge is -2.38. The van der Waals surface area contributed by atoms with E-state index in [1.807, 2.05) is 45.9 Å². The number of likely N-dealkylation sites (tertiary alicyclic amines) is 1. The fourth-order valence-corrected chi connectivity index (χ4v) is 4.14. The Hall–Kier alpha value is -3.14. The Kier molecular flexibility index (Phi) is 6.29. The third kappa shape index (κ3) is 4.66. The van der Waals surface area contributed by atoms with Crippen LogP contribution in [0.2, 0.25) is 0 Å². The summed E-state index contributed by atoms with van der Waals surface area (Å²) in [5.41, 5.74) is 4.94. The molecule has 0 spiro atoms. The average molecular weight is 457 g/mol. The van der Waals surface area contributed by atoms with Crippen molar-refractivity contribution in [3.8, 4) is 11.3 Å². The van der Waals surface area contributed by atoms with Gasteiger partial charge in [0.15, 0.2) is 5.82 Å². The van der Waals surface area contributed by atoms with Gasteiger partial charge in [0.2, 0.25) is 5.95 Å². The zero-order chi connectivity index (χ0) is 23.8. The van der Waals surface area contributed by atoms with Gasteiger partial charge in [-0.25, -0.2) is 13.3 Å². The maximum absolute atomic E-state index is 14.7. The number of fused-ring (bicyclic) bond motifs is 1. The summed E-state index contributed by atoms with van der Waals surface area (Å²) in [6.45, 7) is 8.66. The minimum atomic E-state index is -2.86. The number of nitrogens with one attached hydrogen (secondary N) is 2. The van der Waals surface area contributed by atoms with Gasteiger partial charge in [0.05, 0.1) is 29.7 Å². The van der Waals surface area contributed by atoms with Gasteiger partial charge in [0.25, 0.3) is 5.92 Å². The average Bonchev–Trinajstić information content (AvgIpc) is 3.19. The van der Waals surface area contributed by atoms with Crippen molar-refractivity contribution in [3.63, 3.8) is 0 Å². The third-order valence-corrected chi connectivity index (χ3v) is 5.85. The normalized spacial score (nSPS) is 18.3. The van der Waals surface area contributed by atoms with Gasteiger partial charge in [-0.05, 0) is 51.9 Å². The molecular weight excluding hydrogens is 426 g/mol. The molecule has 33 heavy (non-hydrogen) atoms. The van der Waals surface area contributed by atoms with Crippen LogP contribution in [0.25, 0.3) is 16.8 Å². The quantitative estimate of drug-likeness (QED) is 0.535. The third-order valence-electron chi connectivity index (χ3n) is 5.85. The van der Waals surface area contributed by atoms with Crippen LogP contribution in [0, 0.1) is 6.92 Å². The van der Waals surface area contributed by atoms with Crippen LogP contribution in [0.15, 0.2) is 29.4 Å². The van der Waals surface area contributed by atoms with Crippen LogP contribution in [0.4, 0.5) is 26.2 Å². The summed E-state index contributed by atoms with van der Waals surface area (Å²) in [4.78, 5) is 15.5. The number of anilines is 2. The molecule has 176 valence electrons. The first-order chi connectivity index (χ1) is 15.7. The Morgan fingerprint density at radius 2 is 2.03 bits per heavy atom. The standard InChI is InChI=1S/C23H30F2N8/c1-6-32-11-10-19(23(24,25)13-32)29-22-30-21(26-5)20-16(9-12-33(20)31-22)18-8-7-17(15(4)28-18)27-14(2)3/h7-9,12,19H,6,10-11,13H2,1-5H3,(H2,26,29,30,31). The molecule has 3 aromatic rings. The fraction of sp³-hybridized carbons (Fsp3) is 0.478. The van der Waals surface area contributed by atoms with E-state index in [9.17, 15) is 8.78 Å². The van der Waals surface area contributed by atoms with Crippen molar-refractivity contribution in [1.29, 1.82) is 0 Å². The lowest BCUT2D eigenvalue weighted by molar-refractivity contribution is -0.0726. The summed E-state index contributed by atoms with van der Waals surface area (Å²) in [5.74, 6) is -2.17. The van der Waals surface area contributed by atoms with Gasteiger partial charge in [-0.3, -0.25) is 14.9 Å². The first kappa shape index (κ1) is 23.0. The molecule has 3 aromatic heterocycles. The van der Waals surface area contributed by atoms with E-state index >= 15 is 0 Å². The lowest BCUT2D eigenvalue weighted by Crippen LogP contribution is -2.54. The van der Waals surface area contributed by atoms with Gasteiger partial charge in [-0.2, -0.15) is 4.98 Å². The number of aliphatic imine (C=N–C) groups is 1. The van der Waals surface area contributed by atoms with Gasteiger partial charge < -0.3 is 10.6 Å². The van der Waals surface area contributed by atoms with E-state index < -0.39 is 12.0 Å². The van der Waals surface area contributed by atoms with Crippen LogP contribution in [0.1, 0.15) is 32.9 Å². The molecule has 10 heteroatoms. The Labute approximate surface area is 192 Å². The molecule has 0 radical (unpaired) electrons. The highest BCUT2D eigenvalue weighted by Crippen LogP contribution is 2.33. The number of rotatable bonds is 6. The van der Waals surface area contributed by atoms with E-state index in [0.717, 1.165) is 33.9 Å². The first-order valence-corrected chi connectivity index (χ1v) is 11.2. The zero-order valence-corrected chi connectivity index (χ0v) is 19.7. The second-order valence-corrected chi connectivity index (χ2v) is 8.53. The van der Waals surface area contributed by atoms with Gasteiger partial charge in [0, 0.05) is 31.1 Å². The van der Waals surface area contributed by atoms with Crippen molar-refractivity contribution in [3.05, 3.63) is 30.1 Å². The van der Waals surface area contributed by atoms with Crippen molar-refractivity contribution < 1.29 is 8.78 Å². The maximum atomic E-state index is 14.7. The summed E-state index contributed by atoms with van der Waals surface area (Å²) >= 11 is 0. The minimum Gasteiger partial charge on any atom is -0.371 e. The number of aryl methyl sites for hydroxylation is 1. The zero-order valence-electron chi connectivity index (χ0n) is 19.7. The number of pyridine rings is 1. The van der Waals surface area contributed by atoms with Crippen LogP contribution in [0.3, 0.4) is 0 Å². The van der Waals surface area contributed by atoms with E-state index in [1.54, 1.807) is 22.7 Å². The van der Waals surface area contributed by atoms with Crippen molar-refractivity contribution in [1.82, 2.24) is 24.5 Å². The second-order valence-electron chi connectivity index (χ2n) is 8.53. The van der Waals surface area contributed by atoms with E-state index in [0.29, 0.717) is 25.3 Å². The molecule has 1 unspecified atom stereocenters. The van der Waals surface area contributed by atoms with E-state index in [-0.39, 0.29) is 12.5 Å². The number of hydrogen-bond donors (Lipinski definition) is 2. The van der Waals surface area contributed by atoms with E-state index in [2.05, 4.69) is 25.7 Å². The Morgan fingerprint density at radius 1 is 1.24 bits per heavy atom. The van der Waals surface area contributed by atoms with E-state index in [1.165, 1.54) is 0 Å². The fourth-order valence-electron chi connectivity index (χ4n) is 4.14. The summed E-state index contributed by atoms with van der Waals surface area (Å²) in [5, 5.41) is 10.4. The predicted molar refractivity (Wildman–Crippen MR) is 128 cm³/mol. The lowest BCUT2D eigenvalue weighted by atomic mass is 10.0. The number of piperidine rings is 1. The molecule has 1 saturated heterocycles. The van der Waals surface area contributed by atoms with Crippen molar-refractivity contribution in [2.45, 2.75) is 46.1 Å². The smallest absolute Gasteiger partial charge is 0.280 e. The second kappa shape index (κ2) is 9.01. The largest absolute Gasteiger partial charge is 0.371 e. The van der Waals surface area contributed by atoms with Crippen LogP contribution in [0.5, 0.6) is 0 Å². The molecule has 0 aromatic carbocycles. The number of aromatic nitrogens is 4. The molecule has 0 bridgehead atoms. The Bertz CT molecular complexity index is 1180. The predicted octanol–water partition coefficient (Wildman–Crippen LogP) is 4.40. The molecular formula is C23H30F2N8. The monoisotopic (exact) mass is 456 g/mol. The van der Waals surface area contributed by atoms with Crippen molar-refractivity contribution >= 4 is 28.7 Å². The van der Waals surface area contributed by atoms with Gasteiger partial charge in [-0.15, -0.1) is 5.10 Å². The molecule has 0 aliphatic carbocycles. The summed E-state index contributed by atoms with van der Waals surface area (Å²) in [6, 6.07) is 4.74. The highest BCUT2D eigenvalue weighted by molar-refractivity contribution is 5.88. The highest BCUT2D eigenvalue weighted by atomic mass is 19.3. The molecule has 0 saturated carbocycles. The SMILES string of the molecule is CCN1CCC(Nc2nc(NC)c3c(-c4ccc(N=C(C)C)c(C)n4)ccn3n2)C(F)(F)C1. The highest BCUT2D eigenvalue weighted by Gasteiger charge is 2.44. The van der Waals surface area contributed by atoms with Crippen molar-refractivity contribution in [2.24, 2.45) is 4.99 Å². The molecule has 1 fully saturated rings. The van der Waals surface area contributed by atoms with Gasteiger partial charge in [-0.1, -0.05) is 6.92 Å². The Morgan fingerprint density at radius 3 is 2.67 bits per heavy atom. The summed E-state index contributed by atoms with van der Waals surface area (Å²) in [6.07, 6.45) is 2.11. The van der Waals surface area contributed by atoms with Crippen LogP contribution < -0.4 is 10.6 Å². The molecule has 4 heterocycles. The number of halogens is 2. The molecule has 4 rings (SSSR count). The van der Waals surface area contributed by atoms with Crippen LogP contribution in [-0.2, 0) is 0 Å². The molecule has 8 nitrogen and oxygen atoms in total. The minimum absolute atomic E-state index is 0.163. The van der Waals surface area contributed by atoms with Crippen LogP contribution >= 0.6 is 0 Å². The number of alkyl halides is 2. The summed E-state index contributed by atoms with van der Waals surface area (Å²) in [7, 11) is 1.75. The molecule has 1 aliphatic heterocycles. The topological polar surface area (TPSA) is 82.7 Å².